The molecule has 2 rings (SSSR count). The van der Waals surface area contributed by atoms with Gasteiger partial charge in [0.05, 0.1) is 11.0 Å². The first kappa shape index (κ1) is 13.9. The molecule has 0 radical (unpaired) electrons. The van der Waals surface area contributed by atoms with E-state index >= 15 is 0 Å². The van der Waals surface area contributed by atoms with Crippen LogP contribution in [0.25, 0.3) is 10.8 Å². The van der Waals surface area contributed by atoms with Crippen molar-refractivity contribution < 1.29 is 8.42 Å². The summed E-state index contributed by atoms with van der Waals surface area (Å²) >= 11 is 0. The van der Waals surface area contributed by atoms with E-state index in [9.17, 15) is 8.42 Å². The van der Waals surface area contributed by atoms with Gasteiger partial charge in [-0.25, -0.2) is 8.42 Å². The Labute approximate surface area is 114 Å². The van der Waals surface area contributed by atoms with E-state index in [0.717, 1.165) is 16.5 Å². The molecular formula is C15H19NO2S. The third-order valence-electron chi connectivity index (χ3n) is 3.21. The van der Waals surface area contributed by atoms with Crippen molar-refractivity contribution in [1.82, 2.24) is 0 Å². The second-order valence-electron chi connectivity index (χ2n) is 4.87. The molecule has 2 aromatic carbocycles. The third kappa shape index (κ3) is 3.26. The van der Waals surface area contributed by atoms with Crippen LogP contribution in [-0.4, -0.2) is 26.0 Å². The average molecular weight is 277 g/mol. The van der Waals surface area contributed by atoms with E-state index in [1.54, 1.807) is 13.8 Å². The van der Waals surface area contributed by atoms with Crippen LogP contribution in [0.3, 0.4) is 0 Å². The summed E-state index contributed by atoms with van der Waals surface area (Å²) in [5, 5.41) is 5.17. The van der Waals surface area contributed by atoms with Gasteiger partial charge in [-0.05, 0) is 25.3 Å². The Balaban J connectivity index is 2.11. The molecule has 0 saturated carbocycles. The Kier molecular flexibility index (Phi) is 4.10. The Morgan fingerprint density at radius 3 is 2.47 bits per heavy atom. The van der Waals surface area contributed by atoms with Gasteiger partial charge in [-0.3, -0.25) is 0 Å². The summed E-state index contributed by atoms with van der Waals surface area (Å²) in [6.45, 7) is 3.87. The van der Waals surface area contributed by atoms with Crippen LogP contribution < -0.4 is 5.32 Å². The molecule has 0 aromatic heterocycles. The fourth-order valence-electron chi connectivity index (χ4n) is 1.94. The summed E-state index contributed by atoms with van der Waals surface area (Å²) in [6.07, 6.45) is 0. The number of hydrogen-bond donors (Lipinski definition) is 1. The SMILES string of the molecule is CC(C)S(=O)(=O)CCNc1cccc2ccccc12. The molecule has 0 aliphatic heterocycles. The van der Waals surface area contributed by atoms with Crippen LogP contribution in [-0.2, 0) is 9.84 Å². The van der Waals surface area contributed by atoms with E-state index in [4.69, 9.17) is 0 Å². The molecule has 0 spiro atoms. The van der Waals surface area contributed by atoms with Crippen molar-refractivity contribution in [2.75, 3.05) is 17.6 Å². The molecule has 102 valence electrons. The van der Waals surface area contributed by atoms with E-state index in [1.165, 1.54) is 0 Å². The molecule has 0 atom stereocenters. The van der Waals surface area contributed by atoms with Gasteiger partial charge in [0.2, 0.25) is 0 Å². The van der Waals surface area contributed by atoms with Gasteiger partial charge in [0.15, 0.2) is 9.84 Å². The zero-order valence-corrected chi connectivity index (χ0v) is 12.1. The largest absolute Gasteiger partial charge is 0.384 e. The van der Waals surface area contributed by atoms with Crippen molar-refractivity contribution in [3.63, 3.8) is 0 Å². The number of nitrogens with one attached hydrogen (secondary N) is 1. The normalized spacial score (nSPS) is 11.9. The number of fused-ring (bicyclic) bond motifs is 1. The zero-order valence-electron chi connectivity index (χ0n) is 11.3. The quantitative estimate of drug-likeness (QED) is 0.913. The third-order valence-corrected chi connectivity index (χ3v) is 5.42. The maximum atomic E-state index is 11.7. The lowest BCUT2D eigenvalue weighted by atomic mass is 10.1. The molecule has 0 amide bonds. The van der Waals surface area contributed by atoms with Crippen LogP contribution in [0.2, 0.25) is 0 Å². The Bertz CT molecular complexity index is 657. The van der Waals surface area contributed by atoms with Gasteiger partial charge in [-0.2, -0.15) is 0 Å². The van der Waals surface area contributed by atoms with Crippen molar-refractivity contribution in [2.24, 2.45) is 0 Å². The standard InChI is InChI=1S/C15H19NO2S/c1-12(2)19(17,18)11-10-16-15-9-5-7-13-6-3-4-8-14(13)15/h3-9,12,16H,10-11H2,1-2H3. The Morgan fingerprint density at radius 1 is 1.05 bits per heavy atom. The average Bonchev–Trinajstić information content (AvgIpc) is 2.38. The summed E-state index contributed by atoms with van der Waals surface area (Å²) in [5.41, 5.74) is 0.983. The van der Waals surface area contributed by atoms with Crippen LogP contribution >= 0.6 is 0 Å². The molecule has 3 nitrogen and oxygen atoms in total. The highest BCUT2D eigenvalue weighted by Gasteiger charge is 2.15. The van der Waals surface area contributed by atoms with Gasteiger partial charge in [0.1, 0.15) is 0 Å². The van der Waals surface area contributed by atoms with Crippen LogP contribution in [0.5, 0.6) is 0 Å². The van der Waals surface area contributed by atoms with E-state index in [1.807, 2.05) is 42.5 Å². The summed E-state index contributed by atoms with van der Waals surface area (Å²) in [6, 6.07) is 14.1. The van der Waals surface area contributed by atoms with Gasteiger partial charge in [0.25, 0.3) is 0 Å². The maximum absolute atomic E-state index is 11.7. The highest BCUT2D eigenvalue weighted by atomic mass is 32.2. The number of sulfone groups is 1. The summed E-state index contributed by atoms with van der Waals surface area (Å²) in [5.74, 6) is 0.161. The van der Waals surface area contributed by atoms with Crippen LogP contribution in [0, 0.1) is 0 Å². The minimum absolute atomic E-state index is 0.161. The highest BCUT2D eigenvalue weighted by molar-refractivity contribution is 7.92. The molecule has 2 aromatic rings. The van der Waals surface area contributed by atoms with Gasteiger partial charge in [0, 0.05) is 17.6 Å². The molecule has 0 fully saturated rings. The number of rotatable bonds is 5. The summed E-state index contributed by atoms with van der Waals surface area (Å²) < 4.78 is 23.5. The molecule has 0 saturated heterocycles. The predicted molar refractivity (Wildman–Crippen MR) is 81.4 cm³/mol. The fraction of sp³-hybridized carbons (Fsp3) is 0.333. The van der Waals surface area contributed by atoms with E-state index in [-0.39, 0.29) is 11.0 Å². The van der Waals surface area contributed by atoms with Gasteiger partial charge >= 0.3 is 0 Å². The molecule has 1 N–H and O–H groups in total. The van der Waals surface area contributed by atoms with Gasteiger partial charge in [-0.1, -0.05) is 36.4 Å². The van der Waals surface area contributed by atoms with Gasteiger partial charge in [-0.15, -0.1) is 0 Å². The lowest BCUT2D eigenvalue weighted by Gasteiger charge is -2.11. The van der Waals surface area contributed by atoms with Crippen LogP contribution in [0.4, 0.5) is 5.69 Å². The Morgan fingerprint density at radius 2 is 1.74 bits per heavy atom. The first-order valence-corrected chi connectivity index (χ1v) is 8.15. The monoisotopic (exact) mass is 277 g/mol. The van der Waals surface area contributed by atoms with Crippen molar-refractivity contribution in [1.29, 1.82) is 0 Å². The fourth-order valence-corrected chi connectivity index (χ4v) is 2.80. The predicted octanol–water partition coefficient (Wildman–Crippen LogP) is 3.07. The molecule has 19 heavy (non-hydrogen) atoms. The molecule has 4 heteroatoms. The topological polar surface area (TPSA) is 46.2 Å². The smallest absolute Gasteiger partial charge is 0.154 e. The summed E-state index contributed by atoms with van der Waals surface area (Å²) in [7, 11) is -2.98. The van der Waals surface area contributed by atoms with E-state index in [2.05, 4.69) is 5.32 Å². The molecule has 0 aliphatic carbocycles. The molecule has 0 bridgehead atoms. The van der Waals surface area contributed by atoms with Crippen molar-refractivity contribution in [2.45, 2.75) is 19.1 Å². The molecule has 0 heterocycles. The second kappa shape index (κ2) is 5.61. The number of anilines is 1. The lowest BCUT2D eigenvalue weighted by molar-refractivity contribution is 0.588. The number of benzene rings is 2. The lowest BCUT2D eigenvalue weighted by Crippen LogP contribution is -2.22. The van der Waals surface area contributed by atoms with Crippen molar-refractivity contribution >= 4 is 26.3 Å². The second-order valence-corrected chi connectivity index (χ2v) is 7.55. The van der Waals surface area contributed by atoms with Crippen molar-refractivity contribution in [3.05, 3.63) is 42.5 Å². The summed E-state index contributed by atoms with van der Waals surface area (Å²) in [4.78, 5) is 0. The minimum Gasteiger partial charge on any atom is -0.384 e. The maximum Gasteiger partial charge on any atom is 0.154 e. The Hall–Kier alpha value is -1.55. The molecule has 0 aliphatic rings. The van der Waals surface area contributed by atoms with Crippen LogP contribution in [0.1, 0.15) is 13.8 Å². The molecular weight excluding hydrogens is 258 g/mol. The van der Waals surface area contributed by atoms with Crippen LogP contribution in [0.15, 0.2) is 42.5 Å². The van der Waals surface area contributed by atoms with Gasteiger partial charge < -0.3 is 5.32 Å². The van der Waals surface area contributed by atoms with Crippen molar-refractivity contribution in [3.8, 4) is 0 Å². The number of hydrogen-bond acceptors (Lipinski definition) is 3. The minimum atomic E-state index is -2.98. The first-order chi connectivity index (χ1) is 9.00. The first-order valence-electron chi connectivity index (χ1n) is 6.44. The van der Waals surface area contributed by atoms with E-state index in [0.29, 0.717) is 6.54 Å². The highest BCUT2D eigenvalue weighted by Crippen LogP contribution is 2.22. The van der Waals surface area contributed by atoms with E-state index < -0.39 is 9.84 Å². The molecule has 0 unspecified atom stereocenters. The zero-order chi connectivity index (χ0) is 13.9.